The molecule has 92 valence electrons. The molecule has 0 aliphatic heterocycles. The van der Waals surface area contributed by atoms with E-state index < -0.39 is 11.6 Å². The molecule has 0 radical (unpaired) electrons. The summed E-state index contributed by atoms with van der Waals surface area (Å²) in [7, 11) is 0. The SMILES string of the molecule is C=C(C[C@@](C)(O)C(=O)OCC)c1ccccc1. The molecule has 3 nitrogen and oxygen atoms in total. The highest BCUT2D eigenvalue weighted by atomic mass is 16.5. The van der Waals surface area contributed by atoms with Crippen LogP contribution in [0.5, 0.6) is 0 Å². The molecule has 0 aliphatic carbocycles. The number of esters is 1. The van der Waals surface area contributed by atoms with Gasteiger partial charge in [-0.1, -0.05) is 36.9 Å². The van der Waals surface area contributed by atoms with Gasteiger partial charge in [-0.05, 0) is 25.0 Å². The first kappa shape index (κ1) is 13.5. The number of ether oxygens (including phenoxy) is 1. The van der Waals surface area contributed by atoms with Crippen LogP contribution in [0, 0.1) is 0 Å². The molecule has 0 aromatic heterocycles. The molecule has 0 heterocycles. The topological polar surface area (TPSA) is 46.5 Å². The predicted octanol–water partition coefficient (Wildman–Crippen LogP) is 2.40. The lowest BCUT2D eigenvalue weighted by Gasteiger charge is -2.22. The van der Waals surface area contributed by atoms with Gasteiger partial charge in [-0.15, -0.1) is 0 Å². The molecule has 0 bridgehead atoms. The Morgan fingerprint density at radius 1 is 1.41 bits per heavy atom. The van der Waals surface area contributed by atoms with E-state index in [1.165, 1.54) is 6.92 Å². The molecular formula is C14H18O3. The fraction of sp³-hybridized carbons (Fsp3) is 0.357. The molecule has 0 saturated carbocycles. The standard InChI is InChI=1S/C14H18O3/c1-4-17-13(15)14(3,16)10-11(2)12-8-6-5-7-9-12/h5-9,16H,2,4,10H2,1,3H3/t14-/m1/s1. The van der Waals surface area contributed by atoms with Crippen LogP contribution in [-0.2, 0) is 9.53 Å². The van der Waals surface area contributed by atoms with Crippen LogP contribution in [0.1, 0.15) is 25.8 Å². The third-order valence-electron chi connectivity index (χ3n) is 2.45. The number of hydrogen-bond acceptors (Lipinski definition) is 3. The quantitative estimate of drug-likeness (QED) is 0.796. The minimum atomic E-state index is -1.52. The first-order valence-corrected chi connectivity index (χ1v) is 5.60. The Kier molecular flexibility index (Phi) is 4.46. The summed E-state index contributed by atoms with van der Waals surface area (Å²) < 4.78 is 4.81. The van der Waals surface area contributed by atoms with Crippen LogP contribution < -0.4 is 0 Å². The second-order valence-electron chi connectivity index (χ2n) is 4.14. The summed E-state index contributed by atoms with van der Waals surface area (Å²) in [4.78, 5) is 11.5. The Balaban J connectivity index is 2.71. The van der Waals surface area contributed by atoms with Gasteiger partial charge >= 0.3 is 5.97 Å². The van der Waals surface area contributed by atoms with Crippen molar-refractivity contribution in [2.45, 2.75) is 25.9 Å². The van der Waals surface area contributed by atoms with Gasteiger partial charge in [0.1, 0.15) is 0 Å². The Morgan fingerprint density at radius 2 is 2.00 bits per heavy atom. The van der Waals surface area contributed by atoms with E-state index >= 15 is 0 Å². The fourth-order valence-electron chi connectivity index (χ4n) is 1.55. The van der Waals surface area contributed by atoms with Crippen molar-refractivity contribution in [2.75, 3.05) is 6.61 Å². The average Bonchev–Trinajstić information content (AvgIpc) is 2.30. The van der Waals surface area contributed by atoms with Crippen LogP contribution in [-0.4, -0.2) is 23.3 Å². The molecular weight excluding hydrogens is 216 g/mol. The molecule has 1 atom stereocenters. The summed E-state index contributed by atoms with van der Waals surface area (Å²) in [6.07, 6.45) is 0.163. The number of carbonyl (C=O) groups is 1. The largest absolute Gasteiger partial charge is 0.464 e. The predicted molar refractivity (Wildman–Crippen MR) is 67.3 cm³/mol. The van der Waals surface area contributed by atoms with E-state index in [9.17, 15) is 9.90 Å². The zero-order chi connectivity index (χ0) is 12.9. The smallest absolute Gasteiger partial charge is 0.338 e. The number of benzene rings is 1. The molecule has 0 spiro atoms. The van der Waals surface area contributed by atoms with Crippen LogP contribution in [0.2, 0.25) is 0 Å². The molecule has 3 heteroatoms. The third kappa shape index (κ3) is 3.71. The Labute approximate surface area is 102 Å². The van der Waals surface area contributed by atoms with Gasteiger partial charge in [0.2, 0.25) is 0 Å². The Hall–Kier alpha value is -1.61. The third-order valence-corrected chi connectivity index (χ3v) is 2.45. The minimum absolute atomic E-state index is 0.163. The lowest BCUT2D eigenvalue weighted by Crippen LogP contribution is -2.37. The first-order valence-electron chi connectivity index (χ1n) is 5.60. The first-order chi connectivity index (χ1) is 7.97. The van der Waals surface area contributed by atoms with Crippen LogP contribution in [0.3, 0.4) is 0 Å². The monoisotopic (exact) mass is 234 g/mol. The van der Waals surface area contributed by atoms with Gasteiger partial charge in [0.15, 0.2) is 5.60 Å². The summed E-state index contributed by atoms with van der Waals surface area (Å²) in [5.74, 6) is -0.614. The van der Waals surface area contributed by atoms with Gasteiger partial charge in [-0.3, -0.25) is 0 Å². The van der Waals surface area contributed by atoms with E-state index in [1.807, 2.05) is 30.3 Å². The highest BCUT2D eigenvalue weighted by molar-refractivity contribution is 5.82. The van der Waals surface area contributed by atoms with E-state index in [4.69, 9.17) is 4.74 Å². The molecule has 1 aromatic rings. The van der Waals surface area contributed by atoms with Gasteiger partial charge in [-0.2, -0.15) is 0 Å². The highest BCUT2D eigenvalue weighted by Crippen LogP contribution is 2.24. The normalized spacial score (nSPS) is 13.8. The summed E-state index contributed by atoms with van der Waals surface area (Å²) in [5.41, 5.74) is 0.101. The summed E-state index contributed by atoms with van der Waals surface area (Å²) in [6.45, 7) is 7.29. The maximum Gasteiger partial charge on any atom is 0.338 e. The number of aliphatic hydroxyl groups is 1. The average molecular weight is 234 g/mol. The summed E-state index contributed by atoms with van der Waals surface area (Å²) >= 11 is 0. The van der Waals surface area contributed by atoms with E-state index in [-0.39, 0.29) is 13.0 Å². The summed E-state index contributed by atoms with van der Waals surface area (Å²) in [5, 5.41) is 10.0. The maximum atomic E-state index is 11.5. The Bertz CT molecular complexity index is 393. The van der Waals surface area contributed by atoms with Crippen LogP contribution >= 0.6 is 0 Å². The van der Waals surface area contributed by atoms with Crippen LogP contribution in [0.15, 0.2) is 36.9 Å². The van der Waals surface area contributed by atoms with Crippen LogP contribution in [0.25, 0.3) is 5.57 Å². The zero-order valence-electron chi connectivity index (χ0n) is 10.3. The molecule has 0 fully saturated rings. The Morgan fingerprint density at radius 3 is 2.53 bits per heavy atom. The van der Waals surface area contributed by atoms with Crippen molar-refractivity contribution in [3.8, 4) is 0 Å². The van der Waals surface area contributed by atoms with E-state index in [1.54, 1.807) is 6.92 Å². The number of rotatable bonds is 5. The molecule has 17 heavy (non-hydrogen) atoms. The van der Waals surface area contributed by atoms with E-state index in [2.05, 4.69) is 6.58 Å². The molecule has 1 N–H and O–H groups in total. The maximum absolute atomic E-state index is 11.5. The summed E-state index contributed by atoms with van der Waals surface area (Å²) in [6, 6.07) is 9.46. The molecule has 1 rings (SSSR count). The molecule has 0 unspecified atom stereocenters. The lowest BCUT2D eigenvalue weighted by atomic mass is 9.93. The van der Waals surface area contributed by atoms with Gasteiger partial charge in [0, 0.05) is 6.42 Å². The molecule has 0 aliphatic rings. The molecule has 0 saturated heterocycles. The van der Waals surface area contributed by atoms with Crippen molar-refractivity contribution in [3.63, 3.8) is 0 Å². The van der Waals surface area contributed by atoms with Crippen molar-refractivity contribution in [2.24, 2.45) is 0 Å². The van der Waals surface area contributed by atoms with Crippen molar-refractivity contribution in [3.05, 3.63) is 42.5 Å². The van der Waals surface area contributed by atoms with Crippen molar-refractivity contribution < 1.29 is 14.6 Å². The van der Waals surface area contributed by atoms with Crippen molar-refractivity contribution >= 4 is 11.5 Å². The minimum Gasteiger partial charge on any atom is -0.464 e. The van der Waals surface area contributed by atoms with Crippen molar-refractivity contribution in [1.82, 2.24) is 0 Å². The fourth-order valence-corrected chi connectivity index (χ4v) is 1.55. The number of hydrogen-bond donors (Lipinski definition) is 1. The van der Waals surface area contributed by atoms with Gasteiger partial charge in [-0.25, -0.2) is 4.79 Å². The zero-order valence-corrected chi connectivity index (χ0v) is 10.3. The van der Waals surface area contributed by atoms with Gasteiger partial charge in [0.05, 0.1) is 6.61 Å². The number of carbonyl (C=O) groups excluding carboxylic acids is 1. The van der Waals surface area contributed by atoms with Crippen LogP contribution in [0.4, 0.5) is 0 Å². The molecule has 1 aromatic carbocycles. The van der Waals surface area contributed by atoms with E-state index in [0.29, 0.717) is 5.57 Å². The lowest BCUT2D eigenvalue weighted by molar-refractivity contribution is -0.162. The van der Waals surface area contributed by atoms with Crippen molar-refractivity contribution in [1.29, 1.82) is 0 Å². The molecule has 0 amide bonds. The van der Waals surface area contributed by atoms with Gasteiger partial charge in [0.25, 0.3) is 0 Å². The second-order valence-corrected chi connectivity index (χ2v) is 4.14. The van der Waals surface area contributed by atoms with E-state index in [0.717, 1.165) is 5.56 Å². The van der Waals surface area contributed by atoms with Gasteiger partial charge < -0.3 is 9.84 Å². The highest BCUT2D eigenvalue weighted by Gasteiger charge is 2.32. The second kappa shape index (κ2) is 5.64.